The molecule has 9 heteroatoms. The smallest absolute Gasteiger partial charge is 0.264 e. The predicted octanol–water partition coefficient (Wildman–Crippen LogP) is 5.76. The molecule has 2 amide bonds. The van der Waals surface area contributed by atoms with Crippen LogP contribution in [0.1, 0.15) is 37.0 Å². The summed E-state index contributed by atoms with van der Waals surface area (Å²) in [6.45, 7) is 5.98. The van der Waals surface area contributed by atoms with Gasteiger partial charge in [0.05, 0.1) is 17.2 Å². The van der Waals surface area contributed by atoms with E-state index < -0.39 is 28.5 Å². The van der Waals surface area contributed by atoms with Crippen LogP contribution in [-0.4, -0.2) is 50.9 Å². The van der Waals surface area contributed by atoms with E-state index in [0.717, 1.165) is 27.4 Å². The van der Waals surface area contributed by atoms with Crippen molar-refractivity contribution < 1.29 is 22.7 Å². The van der Waals surface area contributed by atoms with Crippen molar-refractivity contribution in [1.29, 1.82) is 0 Å². The van der Waals surface area contributed by atoms with E-state index in [1.807, 2.05) is 81.4 Å². The summed E-state index contributed by atoms with van der Waals surface area (Å²) in [5.74, 6) is -0.485. The first kappa shape index (κ1) is 33.3. The number of nitrogens with zero attached hydrogens (tertiary/aromatic N) is 2. The van der Waals surface area contributed by atoms with Crippen molar-refractivity contribution >= 4 is 27.5 Å². The molecule has 0 unspecified atom stereocenters. The van der Waals surface area contributed by atoms with Gasteiger partial charge in [-0.25, -0.2) is 8.42 Å². The molecular formula is C36H41N3O5S. The number of nitrogens with one attached hydrogen (secondary N) is 1. The Morgan fingerprint density at radius 1 is 0.800 bits per heavy atom. The summed E-state index contributed by atoms with van der Waals surface area (Å²) in [5, 5.41) is 2.96. The fourth-order valence-electron chi connectivity index (χ4n) is 4.99. The lowest BCUT2D eigenvalue weighted by molar-refractivity contribution is -0.140. The van der Waals surface area contributed by atoms with Gasteiger partial charge in [0.2, 0.25) is 11.8 Å². The zero-order chi connectivity index (χ0) is 32.2. The van der Waals surface area contributed by atoms with Gasteiger partial charge in [-0.1, -0.05) is 97.4 Å². The molecule has 0 saturated heterocycles. The molecule has 236 valence electrons. The highest BCUT2D eigenvalue weighted by Gasteiger charge is 2.35. The highest BCUT2D eigenvalue weighted by Crippen LogP contribution is 2.33. The van der Waals surface area contributed by atoms with Crippen molar-refractivity contribution in [3.63, 3.8) is 0 Å². The lowest BCUT2D eigenvalue weighted by Crippen LogP contribution is -2.53. The fraction of sp³-hybridized carbons (Fsp3) is 0.278. The highest BCUT2D eigenvalue weighted by molar-refractivity contribution is 7.92. The predicted molar refractivity (Wildman–Crippen MR) is 178 cm³/mol. The van der Waals surface area contributed by atoms with Gasteiger partial charge in [0, 0.05) is 19.5 Å². The molecule has 0 saturated carbocycles. The van der Waals surface area contributed by atoms with Gasteiger partial charge in [0.25, 0.3) is 10.0 Å². The number of benzene rings is 4. The molecule has 1 N–H and O–H groups in total. The van der Waals surface area contributed by atoms with Crippen molar-refractivity contribution in [1.82, 2.24) is 10.2 Å². The minimum Gasteiger partial charge on any atom is -0.492 e. The Morgan fingerprint density at radius 3 is 2.02 bits per heavy atom. The second-order valence-electron chi connectivity index (χ2n) is 10.7. The molecule has 0 aromatic heterocycles. The number of carbonyl (C=O) groups is 2. The van der Waals surface area contributed by atoms with Crippen LogP contribution in [0, 0.1) is 6.92 Å². The maximum absolute atomic E-state index is 14.5. The number of aryl methyl sites for hydroxylation is 1. The molecule has 0 fully saturated rings. The standard InChI is InChI=1S/C36H41N3O5S/c1-4-24-37-36(41)33(25-29-14-8-6-9-15-29)38(26-30-16-10-7-11-17-30)35(40)27-39(32-18-12-13-19-34(32)44-5-2)45(42,43)31-22-20-28(3)21-23-31/h6-23,33H,4-5,24-27H2,1-3H3,(H,37,41)/t33-/m0/s1. The Labute approximate surface area is 266 Å². The van der Waals surface area contributed by atoms with Gasteiger partial charge in [0.1, 0.15) is 18.3 Å². The van der Waals surface area contributed by atoms with E-state index in [2.05, 4.69) is 5.32 Å². The van der Waals surface area contributed by atoms with Gasteiger partial charge in [-0.05, 0) is 55.7 Å². The van der Waals surface area contributed by atoms with E-state index >= 15 is 0 Å². The number of hydrogen-bond donors (Lipinski definition) is 1. The maximum atomic E-state index is 14.5. The van der Waals surface area contributed by atoms with Crippen LogP contribution in [-0.2, 0) is 32.6 Å². The first-order chi connectivity index (χ1) is 21.7. The molecule has 0 radical (unpaired) electrons. The molecule has 0 aliphatic heterocycles. The molecule has 0 bridgehead atoms. The third-order valence-corrected chi connectivity index (χ3v) is 9.11. The quantitative estimate of drug-likeness (QED) is 0.181. The molecular weight excluding hydrogens is 586 g/mol. The van der Waals surface area contributed by atoms with Crippen molar-refractivity contribution in [3.05, 3.63) is 126 Å². The SMILES string of the molecule is CCCNC(=O)[C@H](Cc1ccccc1)N(Cc1ccccc1)C(=O)CN(c1ccccc1OCC)S(=O)(=O)c1ccc(C)cc1. The molecule has 8 nitrogen and oxygen atoms in total. The van der Waals surface area contributed by atoms with E-state index in [9.17, 15) is 18.0 Å². The summed E-state index contributed by atoms with van der Waals surface area (Å²) < 4.78 is 35.5. The maximum Gasteiger partial charge on any atom is 0.264 e. The third-order valence-electron chi connectivity index (χ3n) is 7.34. The molecule has 4 aromatic rings. The summed E-state index contributed by atoms with van der Waals surface area (Å²) in [6.07, 6.45) is 0.989. The second-order valence-corrected chi connectivity index (χ2v) is 12.6. The van der Waals surface area contributed by atoms with Crippen LogP contribution in [0.3, 0.4) is 0 Å². The Balaban J connectivity index is 1.82. The van der Waals surface area contributed by atoms with Crippen molar-refractivity contribution in [2.45, 2.75) is 51.1 Å². The average molecular weight is 628 g/mol. The third kappa shape index (κ3) is 8.73. The number of amides is 2. The van der Waals surface area contributed by atoms with E-state index in [1.165, 1.54) is 17.0 Å². The monoisotopic (exact) mass is 627 g/mol. The normalized spacial score (nSPS) is 11.8. The van der Waals surface area contributed by atoms with Gasteiger partial charge in [-0.2, -0.15) is 0 Å². The topological polar surface area (TPSA) is 96.0 Å². The molecule has 0 aliphatic rings. The van der Waals surface area contributed by atoms with Gasteiger partial charge < -0.3 is 15.0 Å². The fourth-order valence-corrected chi connectivity index (χ4v) is 6.42. The van der Waals surface area contributed by atoms with Crippen molar-refractivity contribution in [2.75, 3.05) is 24.0 Å². The van der Waals surface area contributed by atoms with Gasteiger partial charge >= 0.3 is 0 Å². The number of anilines is 1. The van der Waals surface area contributed by atoms with Gasteiger partial charge in [0.15, 0.2) is 0 Å². The molecule has 4 aromatic carbocycles. The van der Waals surface area contributed by atoms with Crippen LogP contribution in [0.15, 0.2) is 114 Å². The van der Waals surface area contributed by atoms with Crippen LogP contribution < -0.4 is 14.4 Å². The van der Waals surface area contributed by atoms with Crippen molar-refractivity contribution in [3.8, 4) is 5.75 Å². The summed E-state index contributed by atoms with van der Waals surface area (Å²) in [7, 11) is -4.23. The first-order valence-corrected chi connectivity index (χ1v) is 16.6. The summed E-state index contributed by atoms with van der Waals surface area (Å²) in [5.41, 5.74) is 2.84. The number of rotatable bonds is 15. The van der Waals surface area contributed by atoms with E-state index in [-0.39, 0.29) is 29.5 Å². The Morgan fingerprint density at radius 2 is 1.40 bits per heavy atom. The van der Waals surface area contributed by atoms with E-state index in [1.54, 1.807) is 36.4 Å². The summed E-state index contributed by atoms with van der Waals surface area (Å²) in [6, 6.07) is 31.3. The average Bonchev–Trinajstić information content (AvgIpc) is 3.05. The minimum atomic E-state index is -4.23. The number of ether oxygens (including phenoxy) is 1. The van der Waals surface area contributed by atoms with Crippen LogP contribution in [0.4, 0.5) is 5.69 Å². The van der Waals surface area contributed by atoms with E-state index in [4.69, 9.17) is 4.74 Å². The Hall–Kier alpha value is -4.63. The van der Waals surface area contributed by atoms with Gasteiger partial charge in [-0.15, -0.1) is 0 Å². The lowest BCUT2D eigenvalue weighted by Gasteiger charge is -2.34. The Kier molecular flexibility index (Phi) is 11.8. The molecule has 0 spiro atoms. The van der Waals surface area contributed by atoms with Crippen LogP contribution >= 0.6 is 0 Å². The minimum absolute atomic E-state index is 0.0448. The molecule has 0 aliphatic carbocycles. The zero-order valence-corrected chi connectivity index (χ0v) is 26.9. The summed E-state index contributed by atoms with van der Waals surface area (Å²) in [4.78, 5) is 29.8. The number of carbonyl (C=O) groups excluding carboxylic acids is 2. The van der Waals surface area contributed by atoms with Gasteiger partial charge in [-0.3, -0.25) is 13.9 Å². The largest absolute Gasteiger partial charge is 0.492 e. The Bertz CT molecular complexity index is 1650. The molecule has 0 heterocycles. The number of hydrogen-bond acceptors (Lipinski definition) is 5. The van der Waals surface area contributed by atoms with E-state index in [0.29, 0.717) is 18.9 Å². The van der Waals surface area contributed by atoms with Crippen LogP contribution in [0.2, 0.25) is 0 Å². The van der Waals surface area contributed by atoms with Crippen molar-refractivity contribution in [2.24, 2.45) is 0 Å². The number of para-hydroxylation sites is 2. The molecule has 45 heavy (non-hydrogen) atoms. The van der Waals surface area contributed by atoms with Crippen LogP contribution in [0.5, 0.6) is 5.75 Å². The highest BCUT2D eigenvalue weighted by atomic mass is 32.2. The first-order valence-electron chi connectivity index (χ1n) is 15.2. The molecule has 4 rings (SSSR count). The lowest BCUT2D eigenvalue weighted by atomic mass is 10.0. The summed E-state index contributed by atoms with van der Waals surface area (Å²) >= 11 is 0. The molecule has 1 atom stereocenters. The second kappa shape index (κ2) is 15.9. The van der Waals surface area contributed by atoms with Crippen LogP contribution in [0.25, 0.3) is 0 Å². The number of sulfonamides is 1. The zero-order valence-electron chi connectivity index (χ0n) is 26.1.